The molecule has 2 N–H and O–H groups in total. The first-order chi connectivity index (χ1) is 8.83. The molecule has 18 heavy (non-hydrogen) atoms. The number of thiophene rings is 1. The molecule has 2 rings (SSSR count). The van der Waals surface area contributed by atoms with Crippen LogP contribution in [-0.4, -0.2) is 18.0 Å². The van der Waals surface area contributed by atoms with E-state index in [4.69, 9.17) is 0 Å². The van der Waals surface area contributed by atoms with E-state index in [1.165, 1.54) is 9.77 Å². The number of rotatable bonds is 6. The van der Waals surface area contributed by atoms with Gasteiger partial charge in [0.15, 0.2) is 0 Å². The van der Waals surface area contributed by atoms with E-state index in [9.17, 15) is 5.11 Å². The summed E-state index contributed by atoms with van der Waals surface area (Å²) >= 11 is 3.46. The van der Waals surface area contributed by atoms with Gasteiger partial charge in [0, 0.05) is 16.3 Å². The van der Waals surface area contributed by atoms with Crippen molar-refractivity contribution in [1.29, 1.82) is 0 Å². The topological polar surface area (TPSA) is 32.3 Å². The van der Waals surface area contributed by atoms with Gasteiger partial charge < -0.3 is 10.4 Å². The summed E-state index contributed by atoms with van der Waals surface area (Å²) in [6.07, 6.45) is 2.06. The van der Waals surface area contributed by atoms with Gasteiger partial charge in [-0.1, -0.05) is 18.2 Å². The summed E-state index contributed by atoms with van der Waals surface area (Å²) in [7, 11) is 0. The third-order valence-electron chi connectivity index (χ3n) is 2.80. The molecule has 1 heterocycles. The van der Waals surface area contributed by atoms with Crippen molar-refractivity contribution >= 4 is 23.1 Å². The van der Waals surface area contributed by atoms with Crippen LogP contribution < -0.4 is 5.32 Å². The average Bonchev–Trinajstić information content (AvgIpc) is 2.93. The van der Waals surface area contributed by atoms with Crippen LogP contribution in [0.2, 0.25) is 0 Å². The minimum atomic E-state index is 0.00278. The average molecular weight is 279 g/mol. The van der Waals surface area contributed by atoms with Crippen LogP contribution in [0.25, 0.3) is 0 Å². The number of nitrogens with one attached hydrogen (secondary N) is 1. The fourth-order valence-electron chi connectivity index (χ4n) is 1.76. The van der Waals surface area contributed by atoms with E-state index in [-0.39, 0.29) is 12.6 Å². The Balaban J connectivity index is 1.98. The van der Waals surface area contributed by atoms with Crippen LogP contribution in [0.5, 0.6) is 0 Å². The smallest absolute Gasteiger partial charge is 0.0626 e. The Bertz CT molecular complexity index is 453. The van der Waals surface area contributed by atoms with E-state index in [0.717, 1.165) is 12.1 Å². The molecule has 0 amide bonds. The van der Waals surface area contributed by atoms with Gasteiger partial charge in [0.05, 0.1) is 12.6 Å². The van der Waals surface area contributed by atoms with Crippen molar-refractivity contribution < 1.29 is 5.11 Å². The van der Waals surface area contributed by atoms with Crippen molar-refractivity contribution in [3.05, 3.63) is 52.2 Å². The monoisotopic (exact) mass is 279 g/mol. The Hall–Kier alpha value is -0.810. The van der Waals surface area contributed by atoms with Gasteiger partial charge in [0.1, 0.15) is 0 Å². The lowest BCUT2D eigenvalue weighted by atomic mass is 10.1. The summed E-state index contributed by atoms with van der Waals surface area (Å²) in [5, 5.41) is 14.9. The van der Waals surface area contributed by atoms with Crippen molar-refractivity contribution in [3.8, 4) is 0 Å². The van der Waals surface area contributed by atoms with E-state index >= 15 is 0 Å². The Labute approximate surface area is 116 Å². The lowest BCUT2D eigenvalue weighted by Crippen LogP contribution is -2.23. The second-order valence-corrected chi connectivity index (χ2v) is 5.88. The number of hydrogen-bond donors (Lipinski definition) is 2. The molecular weight excluding hydrogens is 262 g/mol. The summed E-state index contributed by atoms with van der Waals surface area (Å²) < 4.78 is 0. The van der Waals surface area contributed by atoms with Gasteiger partial charge in [-0.2, -0.15) is 0 Å². The quantitative estimate of drug-likeness (QED) is 0.796. The summed E-state index contributed by atoms with van der Waals surface area (Å²) in [6.45, 7) is 0.914. The number of aliphatic hydroxyl groups is 1. The number of benzene rings is 1. The lowest BCUT2D eigenvalue weighted by molar-refractivity contribution is 0.244. The van der Waals surface area contributed by atoms with Gasteiger partial charge >= 0.3 is 0 Å². The molecule has 1 aromatic heterocycles. The largest absolute Gasteiger partial charge is 0.394 e. The van der Waals surface area contributed by atoms with Crippen molar-refractivity contribution in [1.82, 2.24) is 5.32 Å². The highest BCUT2D eigenvalue weighted by molar-refractivity contribution is 7.98. The molecule has 0 aliphatic rings. The van der Waals surface area contributed by atoms with Crippen LogP contribution in [0, 0.1) is 0 Å². The molecule has 0 saturated heterocycles. The molecule has 4 heteroatoms. The molecule has 1 unspecified atom stereocenters. The highest BCUT2D eigenvalue weighted by Gasteiger charge is 2.09. The molecule has 0 bridgehead atoms. The minimum absolute atomic E-state index is 0.00278. The zero-order valence-electron chi connectivity index (χ0n) is 10.3. The third-order valence-corrected chi connectivity index (χ3v) is 4.42. The van der Waals surface area contributed by atoms with Crippen LogP contribution in [0.15, 0.2) is 46.7 Å². The van der Waals surface area contributed by atoms with Crippen molar-refractivity contribution in [2.24, 2.45) is 0 Å². The van der Waals surface area contributed by atoms with Crippen LogP contribution in [0.4, 0.5) is 0 Å². The van der Waals surface area contributed by atoms with Gasteiger partial charge in [0.25, 0.3) is 0 Å². The van der Waals surface area contributed by atoms with Crippen LogP contribution in [0.1, 0.15) is 16.5 Å². The van der Waals surface area contributed by atoms with Crippen molar-refractivity contribution in [2.45, 2.75) is 17.5 Å². The number of thioether (sulfide) groups is 1. The lowest BCUT2D eigenvalue weighted by Gasteiger charge is -2.16. The fourth-order valence-corrected chi connectivity index (χ4v) is 2.82. The Morgan fingerprint density at radius 1 is 1.28 bits per heavy atom. The highest BCUT2D eigenvalue weighted by atomic mass is 32.2. The van der Waals surface area contributed by atoms with E-state index in [1.54, 1.807) is 23.1 Å². The second kappa shape index (κ2) is 6.95. The van der Waals surface area contributed by atoms with E-state index < -0.39 is 0 Å². The number of hydrogen-bond acceptors (Lipinski definition) is 4. The maximum Gasteiger partial charge on any atom is 0.0626 e. The minimum Gasteiger partial charge on any atom is -0.394 e. The van der Waals surface area contributed by atoms with Gasteiger partial charge in [-0.25, -0.2) is 0 Å². The SMILES string of the molecule is CSc1ccc(C(CO)NCc2cccs2)cc1. The molecule has 1 atom stereocenters. The molecule has 96 valence electrons. The predicted molar refractivity (Wildman–Crippen MR) is 79.2 cm³/mol. The summed E-state index contributed by atoms with van der Waals surface area (Å²) in [6, 6.07) is 12.5. The summed E-state index contributed by atoms with van der Waals surface area (Å²) in [4.78, 5) is 2.53. The van der Waals surface area contributed by atoms with Crippen LogP contribution in [-0.2, 0) is 6.54 Å². The van der Waals surface area contributed by atoms with E-state index in [0.29, 0.717) is 0 Å². The van der Waals surface area contributed by atoms with E-state index in [2.05, 4.69) is 47.3 Å². The first-order valence-corrected chi connectivity index (χ1v) is 7.94. The fraction of sp³-hybridized carbons (Fsp3) is 0.286. The van der Waals surface area contributed by atoms with Crippen LogP contribution >= 0.6 is 23.1 Å². The molecule has 1 aromatic carbocycles. The number of aliphatic hydroxyl groups excluding tert-OH is 1. The maximum atomic E-state index is 9.47. The molecular formula is C14H17NOS2. The highest BCUT2D eigenvalue weighted by Crippen LogP contribution is 2.19. The van der Waals surface area contributed by atoms with Gasteiger partial charge in [0.2, 0.25) is 0 Å². The van der Waals surface area contributed by atoms with Gasteiger partial charge in [-0.05, 0) is 35.4 Å². The van der Waals surface area contributed by atoms with E-state index in [1.807, 2.05) is 6.07 Å². The van der Waals surface area contributed by atoms with Crippen molar-refractivity contribution in [2.75, 3.05) is 12.9 Å². The molecule has 2 nitrogen and oxygen atoms in total. The van der Waals surface area contributed by atoms with Gasteiger partial charge in [-0.15, -0.1) is 23.1 Å². The van der Waals surface area contributed by atoms with Crippen LogP contribution in [0.3, 0.4) is 0 Å². The maximum absolute atomic E-state index is 9.47. The standard InChI is InChI=1S/C14H17NOS2/c1-17-12-6-4-11(5-7-12)14(10-16)15-9-13-3-2-8-18-13/h2-8,14-16H,9-10H2,1H3. The predicted octanol–water partition coefficient (Wildman–Crippen LogP) is 3.29. The molecule has 0 radical (unpaired) electrons. The zero-order valence-corrected chi connectivity index (χ0v) is 11.9. The normalized spacial score (nSPS) is 12.6. The molecule has 0 saturated carbocycles. The van der Waals surface area contributed by atoms with Crippen molar-refractivity contribution in [3.63, 3.8) is 0 Å². The second-order valence-electron chi connectivity index (χ2n) is 3.97. The summed E-state index contributed by atoms with van der Waals surface area (Å²) in [5.41, 5.74) is 1.13. The molecule has 2 aromatic rings. The molecule has 0 aliphatic carbocycles. The Kier molecular flexibility index (Phi) is 5.26. The Morgan fingerprint density at radius 2 is 2.06 bits per heavy atom. The third kappa shape index (κ3) is 3.59. The van der Waals surface area contributed by atoms with Gasteiger partial charge in [-0.3, -0.25) is 0 Å². The molecule has 0 aliphatic heterocycles. The summed E-state index contributed by atoms with van der Waals surface area (Å²) in [5.74, 6) is 0. The molecule has 0 fully saturated rings. The first-order valence-electron chi connectivity index (χ1n) is 5.84. The zero-order chi connectivity index (χ0) is 12.8. The molecule has 0 spiro atoms. The first kappa shape index (κ1) is 13.6. The Morgan fingerprint density at radius 3 is 2.61 bits per heavy atom.